The minimum absolute atomic E-state index is 0.112. The van der Waals surface area contributed by atoms with E-state index in [1.54, 1.807) is 11.1 Å². The number of benzene rings is 2. The van der Waals surface area contributed by atoms with Crippen molar-refractivity contribution in [2.45, 2.75) is 72.0 Å². The van der Waals surface area contributed by atoms with Crippen LogP contribution in [0.3, 0.4) is 0 Å². The standard InChI is InChI=1S/C26H35N/c1-6-24-20(3)21(4)26(5,18-22-14-10-8-11-15-22)27(25(24)7-2)19-23-16-12-9-13-17-23/h8-17,21,25H,6-7,18-19H2,1-5H3/t21-,25+,26+/m1/s1. The summed E-state index contributed by atoms with van der Waals surface area (Å²) in [7, 11) is 0. The van der Waals surface area contributed by atoms with E-state index in [9.17, 15) is 0 Å². The van der Waals surface area contributed by atoms with Crippen LogP contribution in [-0.2, 0) is 13.0 Å². The molecule has 0 aromatic heterocycles. The lowest BCUT2D eigenvalue weighted by atomic mass is 9.69. The third-order valence-electron chi connectivity index (χ3n) is 6.89. The van der Waals surface area contributed by atoms with Gasteiger partial charge in [-0.25, -0.2) is 0 Å². The molecule has 0 fully saturated rings. The van der Waals surface area contributed by atoms with E-state index in [-0.39, 0.29) is 5.54 Å². The molecule has 1 aliphatic heterocycles. The third kappa shape index (κ3) is 3.89. The molecule has 1 heteroatoms. The summed E-state index contributed by atoms with van der Waals surface area (Å²) in [6.07, 6.45) is 3.42. The largest absolute Gasteiger partial charge is 0.286 e. The molecule has 1 heterocycles. The van der Waals surface area contributed by atoms with Crippen molar-refractivity contribution in [2.75, 3.05) is 0 Å². The molecule has 27 heavy (non-hydrogen) atoms. The van der Waals surface area contributed by atoms with Crippen molar-refractivity contribution in [3.63, 3.8) is 0 Å². The molecule has 0 radical (unpaired) electrons. The van der Waals surface area contributed by atoms with Crippen molar-refractivity contribution in [2.24, 2.45) is 5.92 Å². The number of hydrogen-bond donors (Lipinski definition) is 0. The number of nitrogens with zero attached hydrogens (tertiary/aromatic N) is 1. The van der Waals surface area contributed by atoms with Gasteiger partial charge in [-0.1, -0.05) is 92.6 Å². The van der Waals surface area contributed by atoms with E-state index in [1.165, 1.54) is 17.5 Å². The van der Waals surface area contributed by atoms with E-state index < -0.39 is 0 Å². The molecule has 0 bridgehead atoms. The van der Waals surface area contributed by atoms with Crippen LogP contribution in [0.5, 0.6) is 0 Å². The van der Waals surface area contributed by atoms with Gasteiger partial charge in [0.2, 0.25) is 0 Å². The maximum Gasteiger partial charge on any atom is 0.0316 e. The van der Waals surface area contributed by atoms with Crippen molar-refractivity contribution in [1.82, 2.24) is 4.90 Å². The summed E-state index contributed by atoms with van der Waals surface area (Å²) < 4.78 is 0. The van der Waals surface area contributed by atoms with Gasteiger partial charge in [-0.05, 0) is 50.2 Å². The van der Waals surface area contributed by atoms with Crippen LogP contribution >= 0.6 is 0 Å². The maximum absolute atomic E-state index is 2.81. The number of rotatable bonds is 6. The second kappa shape index (κ2) is 8.44. The summed E-state index contributed by atoms with van der Waals surface area (Å²) >= 11 is 0. The lowest BCUT2D eigenvalue weighted by Crippen LogP contribution is -2.60. The van der Waals surface area contributed by atoms with Crippen LogP contribution in [0.1, 0.15) is 58.6 Å². The Bertz CT molecular complexity index is 761. The zero-order valence-corrected chi connectivity index (χ0v) is 17.7. The average Bonchev–Trinajstić information content (AvgIpc) is 2.70. The fourth-order valence-corrected chi connectivity index (χ4v) is 5.12. The van der Waals surface area contributed by atoms with Crippen LogP contribution in [0.15, 0.2) is 71.8 Å². The summed E-state index contributed by atoms with van der Waals surface area (Å²) in [6, 6.07) is 22.6. The van der Waals surface area contributed by atoms with Crippen molar-refractivity contribution >= 4 is 0 Å². The molecule has 0 spiro atoms. The highest BCUT2D eigenvalue weighted by Gasteiger charge is 2.46. The number of hydrogen-bond acceptors (Lipinski definition) is 1. The van der Waals surface area contributed by atoms with Crippen LogP contribution in [-0.4, -0.2) is 16.5 Å². The fraction of sp³-hybridized carbons (Fsp3) is 0.462. The molecule has 0 amide bonds. The first-order valence-corrected chi connectivity index (χ1v) is 10.5. The normalized spacial score (nSPS) is 26.4. The van der Waals surface area contributed by atoms with Crippen molar-refractivity contribution in [1.29, 1.82) is 0 Å². The maximum atomic E-state index is 2.81. The smallest absolute Gasteiger partial charge is 0.0316 e. The molecule has 144 valence electrons. The molecule has 0 saturated carbocycles. The molecule has 0 saturated heterocycles. The van der Waals surface area contributed by atoms with Crippen LogP contribution in [0, 0.1) is 5.92 Å². The van der Waals surface area contributed by atoms with Crippen LogP contribution in [0.25, 0.3) is 0 Å². The highest BCUT2D eigenvalue weighted by molar-refractivity contribution is 5.32. The molecule has 1 aliphatic rings. The van der Waals surface area contributed by atoms with Gasteiger partial charge in [-0.2, -0.15) is 0 Å². The van der Waals surface area contributed by atoms with E-state index in [1.807, 2.05) is 0 Å². The lowest BCUT2D eigenvalue weighted by Gasteiger charge is -2.55. The van der Waals surface area contributed by atoms with E-state index in [4.69, 9.17) is 0 Å². The first kappa shape index (κ1) is 19.9. The molecule has 0 aliphatic carbocycles. The van der Waals surface area contributed by atoms with Gasteiger partial charge >= 0.3 is 0 Å². The third-order valence-corrected chi connectivity index (χ3v) is 6.89. The SMILES string of the molecule is CCC1=C(C)[C@@H](C)[C@](C)(Cc2ccccc2)N(Cc2ccccc2)[C@H]1CC. The molecule has 1 nitrogen and oxygen atoms in total. The van der Waals surface area contributed by atoms with Gasteiger partial charge in [-0.3, -0.25) is 4.90 Å². The van der Waals surface area contributed by atoms with Gasteiger partial charge in [0.05, 0.1) is 0 Å². The zero-order chi connectivity index (χ0) is 19.4. The van der Waals surface area contributed by atoms with Gasteiger partial charge in [0.25, 0.3) is 0 Å². The lowest BCUT2D eigenvalue weighted by molar-refractivity contribution is 0.0118. The summed E-state index contributed by atoms with van der Waals surface area (Å²) in [6.45, 7) is 13.0. The van der Waals surface area contributed by atoms with E-state index in [0.29, 0.717) is 12.0 Å². The summed E-state index contributed by atoms with van der Waals surface area (Å²) in [5.41, 5.74) is 6.24. The highest BCUT2D eigenvalue weighted by atomic mass is 15.2. The summed E-state index contributed by atoms with van der Waals surface area (Å²) in [4.78, 5) is 2.81. The van der Waals surface area contributed by atoms with E-state index >= 15 is 0 Å². The summed E-state index contributed by atoms with van der Waals surface area (Å²) in [5.74, 6) is 0.541. The van der Waals surface area contributed by atoms with Gasteiger partial charge in [-0.15, -0.1) is 0 Å². The monoisotopic (exact) mass is 361 g/mol. The molecule has 2 aromatic rings. The van der Waals surface area contributed by atoms with Crippen molar-refractivity contribution in [3.05, 3.63) is 82.9 Å². The first-order chi connectivity index (χ1) is 13.0. The van der Waals surface area contributed by atoms with E-state index in [2.05, 4.69) is 100 Å². The minimum atomic E-state index is 0.112. The molecular formula is C26H35N. The Morgan fingerprint density at radius 2 is 1.44 bits per heavy atom. The van der Waals surface area contributed by atoms with Gasteiger partial charge in [0, 0.05) is 18.1 Å². The van der Waals surface area contributed by atoms with Gasteiger partial charge in [0.1, 0.15) is 0 Å². The second-order valence-electron chi connectivity index (χ2n) is 8.34. The molecule has 3 atom stereocenters. The molecular weight excluding hydrogens is 326 g/mol. The predicted octanol–water partition coefficient (Wildman–Crippen LogP) is 6.64. The predicted molar refractivity (Wildman–Crippen MR) is 117 cm³/mol. The Labute approximate surface area is 166 Å². The van der Waals surface area contributed by atoms with Gasteiger partial charge < -0.3 is 0 Å². The van der Waals surface area contributed by atoms with Crippen LogP contribution in [0.4, 0.5) is 0 Å². The first-order valence-electron chi connectivity index (χ1n) is 10.5. The molecule has 0 unspecified atom stereocenters. The Kier molecular flexibility index (Phi) is 6.22. The molecule has 2 aromatic carbocycles. The zero-order valence-electron chi connectivity index (χ0n) is 17.7. The van der Waals surface area contributed by atoms with Crippen LogP contribution in [0.2, 0.25) is 0 Å². The molecule has 0 N–H and O–H groups in total. The second-order valence-corrected chi connectivity index (χ2v) is 8.34. The highest BCUT2D eigenvalue weighted by Crippen LogP contribution is 2.44. The van der Waals surface area contributed by atoms with Crippen molar-refractivity contribution < 1.29 is 0 Å². The van der Waals surface area contributed by atoms with Gasteiger partial charge in [0.15, 0.2) is 0 Å². The Morgan fingerprint density at radius 3 is 1.96 bits per heavy atom. The quantitative estimate of drug-likeness (QED) is 0.521. The molecule has 3 rings (SSSR count). The Balaban J connectivity index is 2.06. The Morgan fingerprint density at radius 1 is 0.889 bits per heavy atom. The van der Waals surface area contributed by atoms with Crippen molar-refractivity contribution in [3.8, 4) is 0 Å². The Hall–Kier alpha value is -1.86. The minimum Gasteiger partial charge on any atom is -0.286 e. The summed E-state index contributed by atoms with van der Waals surface area (Å²) in [5, 5.41) is 0. The fourth-order valence-electron chi connectivity index (χ4n) is 5.12. The topological polar surface area (TPSA) is 3.24 Å². The van der Waals surface area contributed by atoms with Crippen LogP contribution < -0.4 is 0 Å². The average molecular weight is 362 g/mol. The van der Waals surface area contributed by atoms with E-state index in [0.717, 1.165) is 19.4 Å².